The van der Waals surface area contributed by atoms with Crippen LogP contribution in [0.2, 0.25) is 0 Å². The Balaban J connectivity index is 1.74. The van der Waals surface area contributed by atoms with Gasteiger partial charge in [-0.2, -0.15) is 0 Å². The van der Waals surface area contributed by atoms with E-state index in [1.807, 2.05) is 63.2 Å². The van der Waals surface area contributed by atoms with Gasteiger partial charge in [0, 0.05) is 18.7 Å². The molecule has 0 radical (unpaired) electrons. The minimum atomic E-state index is -0.516. The topological polar surface area (TPSA) is 67.4 Å². The van der Waals surface area contributed by atoms with Crippen molar-refractivity contribution in [3.05, 3.63) is 42.5 Å². The van der Waals surface area contributed by atoms with Gasteiger partial charge in [0.15, 0.2) is 0 Å². The lowest BCUT2D eigenvalue weighted by Crippen LogP contribution is -2.33. The summed E-state index contributed by atoms with van der Waals surface area (Å²) < 4.78 is 5.13. The van der Waals surface area contributed by atoms with Crippen LogP contribution in [0.15, 0.2) is 42.5 Å². The SMILES string of the molecule is CC(C)(C)OC(=O)NCCCC(=O)Nc1ccc2ccccc2c1. The zero-order valence-electron chi connectivity index (χ0n) is 14.4. The molecule has 2 N–H and O–H groups in total. The number of alkyl carbamates (subject to hydrolysis) is 1. The van der Waals surface area contributed by atoms with Crippen molar-refractivity contribution >= 4 is 28.5 Å². The zero-order valence-corrected chi connectivity index (χ0v) is 14.4. The normalized spacial score (nSPS) is 11.1. The summed E-state index contributed by atoms with van der Waals surface area (Å²) in [5, 5.41) is 7.74. The van der Waals surface area contributed by atoms with Crippen LogP contribution in [0.5, 0.6) is 0 Å². The first-order valence-corrected chi connectivity index (χ1v) is 8.09. The van der Waals surface area contributed by atoms with Crippen LogP contribution in [0.4, 0.5) is 10.5 Å². The average Bonchev–Trinajstić information content (AvgIpc) is 2.50. The van der Waals surface area contributed by atoms with Gasteiger partial charge in [-0.3, -0.25) is 4.79 Å². The Morgan fingerprint density at radius 3 is 2.46 bits per heavy atom. The second-order valence-corrected chi connectivity index (χ2v) is 6.64. The van der Waals surface area contributed by atoms with Crippen LogP contribution in [-0.4, -0.2) is 24.1 Å². The van der Waals surface area contributed by atoms with Crippen LogP contribution in [0.3, 0.4) is 0 Å². The molecule has 2 aromatic carbocycles. The Morgan fingerprint density at radius 1 is 1.04 bits per heavy atom. The number of benzene rings is 2. The van der Waals surface area contributed by atoms with Crippen LogP contribution in [-0.2, 0) is 9.53 Å². The Labute approximate surface area is 142 Å². The second-order valence-electron chi connectivity index (χ2n) is 6.64. The van der Waals surface area contributed by atoms with Crippen molar-refractivity contribution in [3.8, 4) is 0 Å². The zero-order chi connectivity index (χ0) is 17.6. The van der Waals surface area contributed by atoms with Crippen LogP contribution < -0.4 is 10.6 Å². The highest BCUT2D eigenvalue weighted by Gasteiger charge is 2.15. The summed E-state index contributed by atoms with van der Waals surface area (Å²) in [6.07, 6.45) is 0.429. The number of carbonyl (C=O) groups excluding carboxylic acids is 2. The number of ether oxygens (including phenoxy) is 1. The van der Waals surface area contributed by atoms with E-state index < -0.39 is 11.7 Å². The van der Waals surface area contributed by atoms with Crippen molar-refractivity contribution in [2.45, 2.75) is 39.2 Å². The van der Waals surface area contributed by atoms with E-state index in [0.29, 0.717) is 19.4 Å². The third-order valence-electron chi connectivity index (χ3n) is 3.28. The quantitative estimate of drug-likeness (QED) is 0.813. The number of nitrogens with one attached hydrogen (secondary N) is 2. The van der Waals surface area contributed by atoms with Crippen molar-refractivity contribution < 1.29 is 14.3 Å². The van der Waals surface area contributed by atoms with Crippen molar-refractivity contribution in [1.29, 1.82) is 0 Å². The monoisotopic (exact) mass is 328 g/mol. The van der Waals surface area contributed by atoms with E-state index in [0.717, 1.165) is 16.5 Å². The standard InChI is InChI=1S/C19H24N2O3/c1-19(2,3)24-18(23)20-12-6-9-17(22)21-16-11-10-14-7-4-5-8-15(14)13-16/h4-5,7-8,10-11,13H,6,9,12H2,1-3H3,(H,20,23)(H,21,22). The number of rotatable bonds is 5. The van der Waals surface area contributed by atoms with Crippen LogP contribution in [0.25, 0.3) is 10.8 Å². The van der Waals surface area contributed by atoms with Gasteiger partial charge < -0.3 is 15.4 Å². The highest BCUT2D eigenvalue weighted by atomic mass is 16.6. The molecule has 0 aromatic heterocycles. The lowest BCUT2D eigenvalue weighted by atomic mass is 10.1. The maximum absolute atomic E-state index is 12.0. The predicted molar refractivity (Wildman–Crippen MR) is 96.0 cm³/mol. The Bertz CT molecular complexity index is 720. The van der Waals surface area contributed by atoms with Gasteiger partial charge >= 0.3 is 6.09 Å². The smallest absolute Gasteiger partial charge is 0.407 e. The molecular weight excluding hydrogens is 304 g/mol. The van der Waals surface area contributed by atoms with Crippen molar-refractivity contribution in [2.24, 2.45) is 0 Å². The van der Waals surface area contributed by atoms with Crippen molar-refractivity contribution in [2.75, 3.05) is 11.9 Å². The molecule has 2 amide bonds. The van der Waals surface area contributed by atoms with E-state index in [1.54, 1.807) is 0 Å². The van der Waals surface area contributed by atoms with Gasteiger partial charge in [0.1, 0.15) is 5.60 Å². The Hall–Kier alpha value is -2.56. The van der Waals surface area contributed by atoms with Gasteiger partial charge in [0.25, 0.3) is 0 Å². The van der Waals surface area contributed by atoms with E-state index in [9.17, 15) is 9.59 Å². The van der Waals surface area contributed by atoms with Crippen molar-refractivity contribution in [1.82, 2.24) is 5.32 Å². The van der Waals surface area contributed by atoms with Crippen LogP contribution in [0, 0.1) is 0 Å². The largest absolute Gasteiger partial charge is 0.444 e. The first-order valence-electron chi connectivity index (χ1n) is 8.09. The molecule has 0 fully saturated rings. The number of amides is 2. The molecule has 2 rings (SSSR count). The fourth-order valence-electron chi connectivity index (χ4n) is 2.24. The maximum atomic E-state index is 12.0. The number of anilines is 1. The molecule has 0 aliphatic rings. The Kier molecular flexibility index (Phi) is 5.79. The summed E-state index contributed by atoms with van der Waals surface area (Å²) in [5.41, 5.74) is 0.260. The molecule has 0 saturated heterocycles. The predicted octanol–water partition coefficient (Wildman–Crippen LogP) is 4.08. The van der Waals surface area contributed by atoms with Crippen LogP contribution >= 0.6 is 0 Å². The lowest BCUT2D eigenvalue weighted by Gasteiger charge is -2.19. The number of fused-ring (bicyclic) bond motifs is 1. The third-order valence-corrected chi connectivity index (χ3v) is 3.28. The first kappa shape index (κ1) is 17.8. The highest BCUT2D eigenvalue weighted by molar-refractivity contribution is 5.94. The van der Waals surface area contributed by atoms with E-state index in [-0.39, 0.29) is 5.91 Å². The fourth-order valence-corrected chi connectivity index (χ4v) is 2.24. The summed E-state index contributed by atoms with van der Waals surface area (Å²) in [4.78, 5) is 23.5. The molecule has 0 atom stereocenters. The minimum Gasteiger partial charge on any atom is -0.444 e. The van der Waals surface area contributed by atoms with E-state index >= 15 is 0 Å². The van der Waals surface area contributed by atoms with Crippen LogP contribution in [0.1, 0.15) is 33.6 Å². The van der Waals surface area contributed by atoms with Crippen molar-refractivity contribution in [3.63, 3.8) is 0 Å². The summed E-state index contributed by atoms with van der Waals surface area (Å²) in [7, 11) is 0. The number of carbonyl (C=O) groups is 2. The minimum absolute atomic E-state index is 0.0729. The summed E-state index contributed by atoms with van der Waals surface area (Å²) in [5.74, 6) is -0.0729. The van der Waals surface area contributed by atoms with E-state index in [1.165, 1.54) is 0 Å². The molecule has 0 unspecified atom stereocenters. The fraction of sp³-hybridized carbons (Fsp3) is 0.368. The molecule has 5 nitrogen and oxygen atoms in total. The molecular formula is C19H24N2O3. The lowest BCUT2D eigenvalue weighted by molar-refractivity contribution is -0.116. The molecule has 0 aliphatic heterocycles. The molecule has 2 aromatic rings. The van der Waals surface area contributed by atoms with Gasteiger partial charge in [0.05, 0.1) is 0 Å². The molecule has 128 valence electrons. The molecule has 24 heavy (non-hydrogen) atoms. The molecule has 0 aliphatic carbocycles. The molecule has 0 saturated carbocycles. The molecule has 0 bridgehead atoms. The third kappa shape index (κ3) is 5.91. The van der Waals surface area contributed by atoms with E-state index in [4.69, 9.17) is 4.74 Å². The van der Waals surface area contributed by atoms with Gasteiger partial charge in [-0.25, -0.2) is 4.79 Å². The number of hydrogen-bond acceptors (Lipinski definition) is 3. The summed E-state index contributed by atoms with van der Waals surface area (Å²) >= 11 is 0. The summed E-state index contributed by atoms with van der Waals surface area (Å²) in [6.45, 7) is 5.83. The van der Waals surface area contributed by atoms with E-state index in [2.05, 4.69) is 10.6 Å². The van der Waals surface area contributed by atoms with Gasteiger partial charge in [-0.1, -0.05) is 30.3 Å². The Morgan fingerprint density at radius 2 is 1.75 bits per heavy atom. The molecule has 0 spiro atoms. The van der Waals surface area contributed by atoms with Gasteiger partial charge in [-0.05, 0) is 50.1 Å². The molecule has 5 heteroatoms. The number of hydrogen-bond donors (Lipinski definition) is 2. The average molecular weight is 328 g/mol. The second kappa shape index (κ2) is 7.81. The van der Waals surface area contributed by atoms with Gasteiger partial charge in [0.2, 0.25) is 5.91 Å². The van der Waals surface area contributed by atoms with Gasteiger partial charge in [-0.15, -0.1) is 0 Å². The molecule has 0 heterocycles. The summed E-state index contributed by atoms with van der Waals surface area (Å²) in [6, 6.07) is 13.8. The first-order chi connectivity index (χ1) is 11.3. The highest BCUT2D eigenvalue weighted by Crippen LogP contribution is 2.19. The maximum Gasteiger partial charge on any atom is 0.407 e.